The van der Waals surface area contributed by atoms with Crippen molar-refractivity contribution >= 4 is 21.6 Å². The normalized spacial score (nSPS) is 18.9. The van der Waals surface area contributed by atoms with Crippen LogP contribution in [0.15, 0.2) is 30.3 Å². The molecule has 2 aliphatic rings. The average molecular weight is 383 g/mol. The molecule has 1 aromatic carbocycles. The molecule has 2 aromatic heterocycles. The molecule has 0 radical (unpaired) electrons. The molecule has 0 bridgehead atoms. The molecular weight excluding hydrogens is 358 g/mol. The van der Waals surface area contributed by atoms with Crippen LogP contribution in [0, 0.1) is 5.92 Å². The van der Waals surface area contributed by atoms with E-state index >= 15 is 0 Å². The van der Waals surface area contributed by atoms with E-state index in [9.17, 15) is 0 Å². The Morgan fingerprint density at radius 2 is 1.85 bits per heavy atom. The second kappa shape index (κ2) is 7.32. The number of benzene rings is 1. The van der Waals surface area contributed by atoms with Gasteiger partial charge in [0.2, 0.25) is 0 Å². The van der Waals surface area contributed by atoms with E-state index in [2.05, 4.69) is 37.3 Å². The molecule has 3 heteroatoms. The summed E-state index contributed by atoms with van der Waals surface area (Å²) in [6.07, 6.45) is 10.1. The van der Waals surface area contributed by atoms with Gasteiger partial charge in [-0.1, -0.05) is 43.7 Å². The van der Waals surface area contributed by atoms with Gasteiger partial charge in [-0.2, -0.15) is 0 Å². The highest BCUT2D eigenvalue weighted by Gasteiger charge is 2.27. The molecule has 0 saturated carbocycles. The Labute approximate surface area is 166 Å². The van der Waals surface area contributed by atoms with Crippen molar-refractivity contribution in [3.05, 3.63) is 52.0 Å². The summed E-state index contributed by atoms with van der Waals surface area (Å²) < 4.78 is 0. The minimum absolute atomic E-state index is 0. The standard InChI is InChI=1S/C23H25NS.ClH/c1-2-15-12-13-19-18(14-15)21(16-8-4-3-5-9-16)22-17-10-6-7-11-20(17)25-23(22)24-19;/h3-5,8-9,15H,2,6-7,10-14H2,1H3;1H/p-1. The summed E-state index contributed by atoms with van der Waals surface area (Å²) in [5.74, 6) is 0.823. The van der Waals surface area contributed by atoms with Crippen LogP contribution >= 0.6 is 11.3 Å². The first-order valence-corrected chi connectivity index (χ1v) is 10.7. The predicted octanol–water partition coefficient (Wildman–Crippen LogP) is 3.36. The number of aryl methyl sites for hydroxylation is 3. The average Bonchev–Trinajstić information content (AvgIpc) is 3.04. The van der Waals surface area contributed by atoms with Crippen molar-refractivity contribution in [2.45, 2.75) is 58.3 Å². The van der Waals surface area contributed by atoms with Gasteiger partial charge in [0.05, 0.1) is 0 Å². The lowest BCUT2D eigenvalue weighted by atomic mass is 9.80. The minimum atomic E-state index is 0. The first kappa shape index (κ1) is 18.0. The van der Waals surface area contributed by atoms with Gasteiger partial charge >= 0.3 is 0 Å². The monoisotopic (exact) mass is 382 g/mol. The summed E-state index contributed by atoms with van der Waals surface area (Å²) >= 11 is 1.98. The third kappa shape index (κ3) is 2.88. The molecule has 0 N–H and O–H groups in total. The summed E-state index contributed by atoms with van der Waals surface area (Å²) in [7, 11) is 0. The molecule has 0 amide bonds. The third-order valence-corrected chi connectivity index (χ3v) is 7.40. The molecule has 0 fully saturated rings. The van der Waals surface area contributed by atoms with Crippen LogP contribution in [0.1, 0.15) is 54.3 Å². The highest BCUT2D eigenvalue weighted by atomic mass is 35.5. The van der Waals surface area contributed by atoms with Gasteiger partial charge in [0.1, 0.15) is 4.83 Å². The maximum atomic E-state index is 5.19. The fourth-order valence-electron chi connectivity index (χ4n) is 4.80. The first-order valence-electron chi connectivity index (χ1n) is 9.86. The lowest BCUT2D eigenvalue weighted by molar-refractivity contribution is -0.00000498. The Bertz CT molecular complexity index is 929. The fraction of sp³-hybridized carbons (Fsp3) is 0.435. The summed E-state index contributed by atoms with van der Waals surface area (Å²) in [6.45, 7) is 2.34. The summed E-state index contributed by atoms with van der Waals surface area (Å²) in [4.78, 5) is 8.11. The second-order valence-corrected chi connectivity index (χ2v) is 8.77. The van der Waals surface area contributed by atoms with Crippen LogP contribution in [-0.2, 0) is 25.7 Å². The van der Waals surface area contributed by atoms with Crippen LogP contribution < -0.4 is 12.4 Å². The Hall–Kier alpha value is -1.38. The van der Waals surface area contributed by atoms with Crippen LogP contribution in [-0.4, -0.2) is 4.98 Å². The SMILES string of the molecule is CCC1CCc2nc3sc4c(c3c(-c3ccccc3)c2C1)CCCC4.[Cl-]. The molecular formula is C23H25ClNS-. The summed E-state index contributed by atoms with van der Waals surface area (Å²) in [5, 5.41) is 1.50. The van der Waals surface area contributed by atoms with Crippen LogP contribution in [0.2, 0.25) is 0 Å². The van der Waals surface area contributed by atoms with E-state index in [1.54, 1.807) is 16.0 Å². The van der Waals surface area contributed by atoms with Crippen molar-refractivity contribution in [1.82, 2.24) is 4.98 Å². The van der Waals surface area contributed by atoms with Crippen LogP contribution in [0.4, 0.5) is 0 Å². The van der Waals surface area contributed by atoms with E-state index < -0.39 is 0 Å². The Morgan fingerprint density at radius 1 is 1.04 bits per heavy atom. The van der Waals surface area contributed by atoms with Crippen LogP contribution in [0.3, 0.4) is 0 Å². The molecule has 0 saturated heterocycles. The van der Waals surface area contributed by atoms with Crippen LogP contribution in [0.25, 0.3) is 21.3 Å². The lowest BCUT2D eigenvalue weighted by Crippen LogP contribution is -3.00. The number of thiophene rings is 1. The maximum Gasteiger partial charge on any atom is 0.124 e. The van der Waals surface area contributed by atoms with E-state index in [0.717, 1.165) is 12.3 Å². The van der Waals surface area contributed by atoms with E-state index in [4.69, 9.17) is 4.98 Å². The molecule has 5 rings (SSSR count). The van der Waals surface area contributed by atoms with Gasteiger partial charge in [-0.05, 0) is 73.1 Å². The van der Waals surface area contributed by atoms with Gasteiger partial charge in [-0.15, -0.1) is 11.3 Å². The zero-order chi connectivity index (χ0) is 16.8. The molecule has 2 heterocycles. The van der Waals surface area contributed by atoms with Crippen molar-refractivity contribution in [3.8, 4) is 11.1 Å². The summed E-state index contributed by atoms with van der Waals surface area (Å²) in [6, 6.07) is 11.1. The molecule has 1 atom stereocenters. The zero-order valence-corrected chi connectivity index (χ0v) is 16.9. The topological polar surface area (TPSA) is 12.9 Å². The van der Waals surface area contributed by atoms with Crippen molar-refractivity contribution in [2.75, 3.05) is 0 Å². The smallest absolute Gasteiger partial charge is 0.124 e. The second-order valence-electron chi connectivity index (χ2n) is 7.69. The lowest BCUT2D eigenvalue weighted by Gasteiger charge is -2.26. The highest BCUT2D eigenvalue weighted by Crippen LogP contribution is 2.45. The number of hydrogen-bond acceptors (Lipinski definition) is 2. The maximum absolute atomic E-state index is 5.19. The molecule has 1 unspecified atom stereocenters. The number of aromatic nitrogens is 1. The Kier molecular flexibility index (Phi) is 5.07. The van der Waals surface area contributed by atoms with E-state index in [1.807, 2.05) is 11.3 Å². The van der Waals surface area contributed by atoms with Crippen molar-refractivity contribution in [3.63, 3.8) is 0 Å². The largest absolute Gasteiger partial charge is 1.00 e. The van der Waals surface area contributed by atoms with Gasteiger partial charge in [0, 0.05) is 16.0 Å². The van der Waals surface area contributed by atoms with Gasteiger partial charge in [0.15, 0.2) is 0 Å². The number of rotatable bonds is 2. The minimum Gasteiger partial charge on any atom is -1.00 e. The van der Waals surface area contributed by atoms with Crippen LogP contribution in [0.5, 0.6) is 0 Å². The number of fused-ring (bicyclic) bond motifs is 4. The van der Waals surface area contributed by atoms with Gasteiger partial charge < -0.3 is 12.4 Å². The molecule has 3 aromatic rings. The van der Waals surface area contributed by atoms with E-state index in [1.165, 1.54) is 72.0 Å². The third-order valence-electron chi connectivity index (χ3n) is 6.21. The molecule has 1 nitrogen and oxygen atoms in total. The highest BCUT2D eigenvalue weighted by molar-refractivity contribution is 7.19. The number of hydrogen-bond donors (Lipinski definition) is 0. The van der Waals surface area contributed by atoms with Crippen molar-refractivity contribution in [1.29, 1.82) is 0 Å². The fourth-order valence-corrected chi connectivity index (χ4v) is 6.09. The zero-order valence-electron chi connectivity index (χ0n) is 15.4. The first-order chi connectivity index (χ1) is 12.3. The van der Waals surface area contributed by atoms with Gasteiger partial charge in [-0.25, -0.2) is 4.98 Å². The number of halogens is 1. The Balaban J connectivity index is 0.00000168. The molecule has 136 valence electrons. The van der Waals surface area contributed by atoms with E-state index in [-0.39, 0.29) is 12.4 Å². The summed E-state index contributed by atoms with van der Waals surface area (Å²) in [5.41, 5.74) is 7.49. The van der Waals surface area contributed by atoms with Crippen molar-refractivity contribution in [2.24, 2.45) is 5.92 Å². The molecule has 2 aliphatic carbocycles. The van der Waals surface area contributed by atoms with Gasteiger partial charge in [-0.3, -0.25) is 0 Å². The van der Waals surface area contributed by atoms with E-state index in [0.29, 0.717) is 0 Å². The molecule has 26 heavy (non-hydrogen) atoms. The predicted molar refractivity (Wildman–Crippen MR) is 108 cm³/mol. The quantitative estimate of drug-likeness (QED) is 0.662. The van der Waals surface area contributed by atoms with Gasteiger partial charge in [0.25, 0.3) is 0 Å². The number of pyridine rings is 1. The molecule has 0 spiro atoms. The van der Waals surface area contributed by atoms with Crippen molar-refractivity contribution < 1.29 is 12.4 Å². The molecule has 0 aliphatic heterocycles. The Morgan fingerprint density at radius 3 is 2.65 bits per heavy atom. The number of nitrogens with zero attached hydrogens (tertiary/aromatic N) is 1.